The number of rotatable bonds is 8. The van der Waals surface area contributed by atoms with E-state index in [0.717, 1.165) is 4.31 Å². The van der Waals surface area contributed by atoms with Crippen LogP contribution < -0.4 is 10.6 Å². The molecule has 2 amide bonds. The highest BCUT2D eigenvalue weighted by atomic mass is 32.2. The molecule has 1 fully saturated rings. The van der Waals surface area contributed by atoms with Crippen molar-refractivity contribution >= 4 is 31.7 Å². The van der Waals surface area contributed by atoms with Gasteiger partial charge in [-0.25, -0.2) is 16.8 Å². The SMILES string of the molecule is O=C1CN(S(=O)(=O)c2cccc(C(=O)NCCCS(=O)(=O)c3ccccc3)c2)CCN1. The summed E-state index contributed by atoms with van der Waals surface area (Å²) in [4.78, 5) is 24.1. The first kappa shape index (κ1) is 22.9. The molecule has 0 radical (unpaired) electrons. The molecule has 166 valence electrons. The molecule has 0 saturated carbocycles. The average molecular weight is 466 g/mol. The fourth-order valence-corrected chi connectivity index (χ4v) is 5.85. The number of nitrogens with one attached hydrogen (secondary N) is 2. The number of hydrogen-bond acceptors (Lipinski definition) is 6. The Hall–Kier alpha value is -2.76. The number of nitrogens with zero attached hydrogens (tertiary/aromatic N) is 1. The highest BCUT2D eigenvalue weighted by molar-refractivity contribution is 7.91. The maximum absolute atomic E-state index is 12.8. The summed E-state index contributed by atoms with van der Waals surface area (Å²) in [7, 11) is -7.35. The zero-order valence-corrected chi connectivity index (χ0v) is 18.3. The fourth-order valence-electron chi connectivity index (χ4n) is 3.08. The third kappa shape index (κ3) is 5.69. The van der Waals surface area contributed by atoms with Crippen LogP contribution >= 0.6 is 0 Å². The molecule has 0 aliphatic carbocycles. The van der Waals surface area contributed by atoms with Gasteiger partial charge in [0.05, 0.1) is 22.1 Å². The van der Waals surface area contributed by atoms with E-state index in [-0.39, 0.29) is 59.6 Å². The van der Waals surface area contributed by atoms with E-state index in [1.54, 1.807) is 18.2 Å². The Morgan fingerprint density at radius 2 is 1.71 bits per heavy atom. The minimum absolute atomic E-state index is 0.0819. The van der Waals surface area contributed by atoms with E-state index >= 15 is 0 Å². The van der Waals surface area contributed by atoms with E-state index in [1.165, 1.54) is 36.4 Å². The van der Waals surface area contributed by atoms with Crippen molar-refractivity contribution < 1.29 is 26.4 Å². The van der Waals surface area contributed by atoms with Gasteiger partial charge in [0.15, 0.2) is 9.84 Å². The predicted octanol–water partition coefficient (Wildman–Crippen LogP) is 0.401. The molecule has 1 aliphatic rings. The Morgan fingerprint density at radius 3 is 2.42 bits per heavy atom. The highest BCUT2D eigenvalue weighted by Gasteiger charge is 2.29. The summed E-state index contributed by atoms with van der Waals surface area (Å²) in [6.45, 7) is 0.229. The molecule has 0 atom stereocenters. The maximum Gasteiger partial charge on any atom is 0.251 e. The van der Waals surface area contributed by atoms with Crippen molar-refractivity contribution in [2.24, 2.45) is 0 Å². The molecule has 0 unspecified atom stereocenters. The Labute approximate surface area is 181 Å². The van der Waals surface area contributed by atoms with Crippen LogP contribution in [0.4, 0.5) is 0 Å². The molecule has 2 N–H and O–H groups in total. The Kier molecular flexibility index (Phi) is 7.08. The maximum atomic E-state index is 12.8. The van der Waals surface area contributed by atoms with Gasteiger partial charge >= 0.3 is 0 Å². The molecule has 1 saturated heterocycles. The van der Waals surface area contributed by atoms with Crippen LogP contribution in [0.25, 0.3) is 0 Å². The molecule has 0 bridgehead atoms. The average Bonchev–Trinajstić information content (AvgIpc) is 2.77. The lowest BCUT2D eigenvalue weighted by atomic mass is 10.2. The normalized spacial score (nSPS) is 15.3. The van der Waals surface area contributed by atoms with Gasteiger partial charge in [0.1, 0.15) is 0 Å². The van der Waals surface area contributed by atoms with Crippen LogP contribution in [0.3, 0.4) is 0 Å². The van der Waals surface area contributed by atoms with Gasteiger partial charge in [0, 0.05) is 25.2 Å². The Morgan fingerprint density at radius 1 is 1.00 bits per heavy atom. The van der Waals surface area contributed by atoms with Gasteiger partial charge in [0.25, 0.3) is 5.91 Å². The van der Waals surface area contributed by atoms with Crippen molar-refractivity contribution in [1.29, 1.82) is 0 Å². The molecule has 0 spiro atoms. The van der Waals surface area contributed by atoms with E-state index in [1.807, 2.05) is 0 Å². The standard InChI is InChI=1S/C20H23N3O6S2/c24-19-15-23(12-11-21-19)31(28,29)18-9-4-6-16(14-18)20(25)22-10-5-13-30(26,27)17-7-2-1-3-8-17/h1-4,6-9,14H,5,10-13,15H2,(H,21,24)(H,22,25). The summed E-state index contributed by atoms with van der Waals surface area (Å²) in [5.41, 5.74) is 0.133. The van der Waals surface area contributed by atoms with Crippen LogP contribution in [0, 0.1) is 0 Å². The second-order valence-corrected chi connectivity index (χ2v) is 11.0. The van der Waals surface area contributed by atoms with E-state index in [2.05, 4.69) is 10.6 Å². The largest absolute Gasteiger partial charge is 0.354 e. The number of carbonyl (C=O) groups excluding carboxylic acids is 2. The summed E-state index contributed by atoms with van der Waals surface area (Å²) < 4.78 is 51.1. The van der Waals surface area contributed by atoms with Crippen molar-refractivity contribution in [3.05, 3.63) is 60.2 Å². The van der Waals surface area contributed by atoms with Gasteiger partial charge in [-0.05, 0) is 36.8 Å². The molecular formula is C20H23N3O6S2. The fraction of sp³-hybridized carbons (Fsp3) is 0.300. The molecule has 1 heterocycles. The number of sulfone groups is 1. The molecule has 31 heavy (non-hydrogen) atoms. The van der Waals surface area contributed by atoms with Crippen LogP contribution in [0.5, 0.6) is 0 Å². The van der Waals surface area contributed by atoms with Crippen molar-refractivity contribution in [3.8, 4) is 0 Å². The molecule has 0 aromatic heterocycles. The minimum Gasteiger partial charge on any atom is -0.354 e. The summed E-state index contributed by atoms with van der Waals surface area (Å²) in [6, 6.07) is 13.6. The first-order chi connectivity index (χ1) is 14.7. The topological polar surface area (TPSA) is 130 Å². The van der Waals surface area contributed by atoms with Crippen molar-refractivity contribution in [1.82, 2.24) is 14.9 Å². The van der Waals surface area contributed by atoms with E-state index < -0.39 is 25.8 Å². The molecule has 2 aromatic rings. The lowest BCUT2D eigenvalue weighted by molar-refractivity contribution is -0.122. The van der Waals surface area contributed by atoms with E-state index in [9.17, 15) is 26.4 Å². The van der Waals surface area contributed by atoms with Gasteiger partial charge in [-0.3, -0.25) is 9.59 Å². The summed E-state index contributed by atoms with van der Waals surface area (Å²) >= 11 is 0. The zero-order chi connectivity index (χ0) is 22.5. The minimum atomic E-state index is -3.91. The second kappa shape index (κ2) is 9.58. The predicted molar refractivity (Wildman–Crippen MR) is 114 cm³/mol. The van der Waals surface area contributed by atoms with Gasteiger partial charge < -0.3 is 10.6 Å². The first-order valence-corrected chi connectivity index (χ1v) is 12.7. The second-order valence-electron chi connectivity index (χ2n) is 6.96. The molecule has 1 aliphatic heterocycles. The lowest BCUT2D eigenvalue weighted by Crippen LogP contribution is -2.49. The van der Waals surface area contributed by atoms with Gasteiger partial charge in [0.2, 0.25) is 15.9 Å². The van der Waals surface area contributed by atoms with Crippen molar-refractivity contribution in [2.75, 3.05) is 31.9 Å². The molecule has 3 rings (SSSR count). The van der Waals surface area contributed by atoms with Gasteiger partial charge in [-0.15, -0.1) is 0 Å². The molecule has 2 aromatic carbocycles. The van der Waals surface area contributed by atoms with Crippen LogP contribution in [-0.4, -0.2) is 64.9 Å². The van der Waals surface area contributed by atoms with Crippen molar-refractivity contribution in [2.45, 2.75) is 16.2 Å². The summed E-state index contributed by atoms with van der Waals surface area (Å²) in [6.07, 6.45) is 0.212. The van der Waals surface area contributed by atoms with Gasteiger partial charge in [-0.2, -0.15) is 4.31 Å². The van der Waals surface area contributed by atoms with Crippen LogP contribution in [0.1, 0.15) is 16.8 Å². The molecule has 9 nitrogen and oxygen atoms in total. The number of amides is 2. The quantitative estimate of drug-likeness (QED) is 0.543. The van der Waals surface area contributed by atoms with Crippen LogP contribution in [0.15, 0.2) is 64.4 Å². The summed E-state index contributed by atoms with van der Waals surface area (Å²) in [5, 5.41) is 5.18. The number of benzene rings is 2. The van der Waals surface area contributed by atoms with E-state index in [0.29, 0.717) is 0 Å². The smallest absolute Gasteiger partial charge is 0.251 e. The number of hydrogen-bond donors (Lipinski definition) is 2. The highest BCUT2D eigenvalue weighted by Crippen LogP contribution is 2.18. The third-order valence-electron chi connectivity index (χ3n) is 4.72. The van der Waals surface area contributed by atoms with Crippen LogP contribution in [0.2, 0.25) is 0 Å². The Balaban J connectivity index is 1.59. The number of sulfonamides is 1. The van der Waals surface area contributed by atoms with Crippen molar-refractivity contribution in [3.63, 3.8) is 0 Å². The first-order valence-electron chi connectivity index (χ1n) is 9.63. The van der Waals surface area contributed by atoms with Gasteiger partial charge in [-0.1, -0.05) is 24.3 Å². The van der Waals surface area contributed by atoms with E-state index in [4.69, 9.17) is 0 Å². The number of piperazine rings is 1. The molecular weight excluding hydrogens is 442 g/mol. The lowest BCUT2D eigenvalue weighted by Gasteiger charge is -2.26. The number of carbonyl (C=O) groups is 2. The molecule has 11 heteroatoms. The zero-order valence-electron chi connectivity index (χ0n) is 16.7. The van der Waals surface area contributed by atoms with Crippen LogP contribution in [-0.2, 0) is 24.7 Å². The summed E-state index contributed by atoms with van der Waals surface area (Å²) in [5.74, 6) is -1.01. The Bertz CT molecular complexity index is 1160. The monoisotopic (exact) mass is 465 g/mol. The third-order valence-corrected chi connectivity index (χ3v) is 8.37.